The third kappa shape index (κ3) is 2.88. The number of esters is 1. The molecule has 0 aromatic heterocycles. The Morgan fingerprint density at radius 3 is 2.70 bits per heavy atom. The minimum Gasteiger partial charge on any atom is -0.465 e. The van der Waals surface area contributed by atoms with Gasteiger partial charge in [-0.25, -0.2) is 0 Å². The molecule has 0 saturated heterocycles. The molecule has 1 aliphatic carbocycles. The Kier molecular flexibility index (Phi) is 4.81. The summed E-state index contributed by atoms with van der Waals surface area (Å²) < 4.78 is 5.34. The summed E-state index contributed by atoms with van der Waals surface area (Å²) in [5.74, 6) is 0.434. The highest BCUT2D eigenvalue weighted by Crippen LogP contribution is 2.40. The quantitative estimate of drug-likeness (QED) is 0.812. The Hall–Kier alpha value is -1.35. The molecule has 1 aromatic carbocycles. The third-order valence-electron chi connectivity index (χ3n) is 4.45. The molecule has 2 rings (SSSR count). The second kappa shape index (κ2) is 6.40. The second-order valence-electron chi connectivity index (χ2n) is 5.88. The van der Waals surface area contributed by atoms with Crippen LogP contribution in [0, 0.1) is 12.8 Å². The third-order valence-corrected chi connectivity index (χ3v) is 4.45. The molecule has 1 fully saturated rings. The molecule has 3 heteroatoms. The molecule has 2 N–H and O–H groups in total. The minimum absolute atomic E-state index is 0.167. The van der Waals surface area contributed by atoms with Crippen LogP contribution < -0.4 is 5.73 Å². The summed E-state index contributed by atoms with van der Waals surface area (Å²) in [6.07, 6.45) is 4.48. The average Bonchev–Trinajstić information content (AvgIpc) is 2.38. The molecule has 20 heavy (non-hydrogen) atoms. The molecule has 1 saturated carbocycles. The van der Waals surface area contributed by atoms with E-state index >= 15 is 0 Å². The highest BCUT2D eigenvalue weighted by atomic mass is 16.5. The molecule has 1 unspecified atom stereocenters. The first-order chi connectivity index (χ1) is 9.62. The molecule has 1 atom stereocenters. The largest absolute Gasteiger partial charge is 0.465 e. The Morgan fingerprint density at radius 1 is 1.45 bits per heavy atom. The van der Waals surface area contributed by atoms with Gasteiger partial charge in [0, 0.05) is 6.54 Å². The van der Waals surface area contributed by atoms with E-state index in [1.807, 2.05) is 32.0 Å². The highest BCUT2D eigenvalue weighted by molar-refractivity contribution is 5.83. The number of nitrogens with two attached hydrogens (primary N) is 1. The number of carbonyl (C=O) groups excluding carboxylic acids is 1. The number of ether oxygens (including phenoxy) is 1. The molecular weight excluding hydrogens is 250 g/mol. The van der Waals surface area contributed by atoms with E-state index in [9.17, 15) is 4.79 Å². The van der Waals surface area contributed by atoms with Gasteiger partial charge in [-0.2, -0.15) is 0 Å². The highest BCUT2D eigenvalue weighted by Gasteiger charge is 2.43. The molecule has 3 nitrogen and oxygen atoms in total. The molecular formula is C17H25NO2. The first-order valence-electron chi connectivity index (χ1n) is 7.57. The van der Waals surface area contributed by atoms with Gasteiger partial charge in [-0.15, -0.1) is 0 Å². The van der Waals surface area contributed by atoms with Crippen LogP contribution >= 0.6 is 0 Å². The topological polar surface area (TPSA) is 52.3 Å². The molecule has 1 aromatic rings. The maximum absolute atomic E-state index is 12.6. The minimum atomic E-state index is -0.673. The summed E-state index contributed by atoms with van der Waals surface area (Å²) in [7, 11) is 0. The van der Waals surface area contributed by atoms with Crippen molar-refractivity contribution in [1.29, 1.82) is 0 Å². The number of benzene rings is 1. The van der Waals surface area contributed by atoms with Crippen molar-refractivity contribution >= 4 is 5.97 Å². The average molecular weight is 275 g/mol. The number of carbonyl (C=O) groups is 1. The second-order valence-corrected chi connectivity index (χ2v) is 5.88. The summed E-state index contributed by atoms with van der Waals surface area (Å²) in [4.78, 5) is 12.6. The lowest BCUT2D eigenvalue weighted by Crippen LogP contribution is -2.46. The normalized spacial score (nSPS) is 18.1. The van der Waals surface area contributed by atoms with E-state index in [1.54, 1.807) is 0 Å². The maximum atomic E-state index is 12.6. The van der Waals surface area contributed by atoms with Crippen LogP contribution in [-0.4, -0.2) is 19.1 Å². The summed E-state index contributed by atoms with van der Waals surface area (Å²) in [6.45, 7) is 4.60. The van der Waals surface area contributed by atoms with E-state index in [0.717, 1.165) is 17.5 Å². The molecule has 0 bridgehead atoms. The summed E-state index contributed by atoms with van der Waals surface area (Å²) in [5.41, 5.74) is 7.53. The van der Waals surface area contributed by atoms with Gasteiger partial charge >= 0.3 is 5.97 Å². The van der Waals surface area contributed by atoms with Gasteiger partial charge in [0.1, 0.15) is 5.41 Å². The number of aryl methyl sites for hydroxylation is 1. The van der Waals surface area contributed by atoms with Crippen LogP contribution in [0.1, 0.15) is 43.7 Å². The Labute approximate surface area is 121 Å². The molecule has 1 aliphatic rings. The molecule has 110 valence electrons. The molecule has 0 aliphatic heterocycles. The zero-order valence-corrected chi connectivity index (χ0v) is 12.5. The van der Waals surface area contributed by atoms with Gasteiger partial charge in [0.2, 0.25) is 0 Å². The SMILES string of the molecule is CCOC(=O)C(CN)(CC1CCC1)c1cccc(C)c1. The van der Waals surface area contributed by atoms with Crippen LogP contribution in [0.3, 0.4) is 0 Å². The zero-order chi connectivity index (χ0) is 14.6. The van der Waals surface area contributed by atoms with Gasteiger partial charge < -0.3 is 10.5 Å². The van der Waals surface area contributed by atoms with Crippen molar-refractivity contribution in [2.45, 2.75) is 44.9 Å². The summed E-state index contributed by atoms with van der Waals surface area (Å²) >= 11 is 0. The van der Waals surface area contributed by atoms with Gasteiger partial charge in [-0.3, -0.25) is 4.79 Å². The van der Waals surface area contributed by atoms with Crippen LogP contribution in [0.4, 0.5) is 0 Å². The van der Waals surface area contributed by atoms with Gasteiger partial charge in [-0.1, -0.05) is 49.1 Å². The molecule has 0 amide bonds. The Balaban J connectivity index is 2.36. The molecule has 0 spiro atoms. The number of hydrogen-bond donors (Lipinski definition) is 1. The first-order valence-corrected chi connectivity index (χ1v) is 7.57. The van der Waals surface area contributed by atoms with Crippen LogP contribution in [0.5, 0.6) is 0 Å². The van der Waals surface area contributed by atoms with Gasteiger partial charge in [0.05, 0.1) is 6.61 Å². The summed E-state index contributed by atoms with van der Waals surface area (Å²) in [5, 5.41) is 0. The smallest absolute Gasteiger partial charge is 0.317 e. The van der Waals surface area contributed by atoms with Crippen molar-refractivity contribution in [3.63, 3.8) is 0 Å². The first kappa shape index (κ1) is 15.0. The molecule has 0 radical (unpaired) electrons. The van der Waals surface area contributed by atoms with Gasteiger partial charge in [-0.05, 0) is 31.7 Å². The molecule has 0 heterocycles. The maximum Gasteiger partial charge on any atom is 0.317 e. The lowest BCUT2D eigenvalue weighted by Gasteiger charge is -2.37. The van der Waals surface area contributed by atoms with E-state index in [4.69, 9.17) is 10.5 Å². The van der Waals surface area contributed by atoms with Crippen molar-refractivity contribution in [1.82, 2.24) is 0 Å². The van der Waals surface area contributed by atoms with Crippen molar-refractivity contribution in [3.05, 3.63) is 35.4 Å². The Bertz CT molecular complexity index is 468. The lowest BCUT2D eigenvalue weighted by molar-refractivity contribution is -0.151. The van der Waals surface area contributed by atoms with Crippen molar-refractivity contribution in [3.8, 4) is 0 Å². The predicted octanol–water partition coefficient (Wildman–Crippen LogP) is 2.94. The summed E-state index contributed by atoms with van der Waals surface area (Å²) in [6, 6.07) is 8.12. The van der Waals surface area contributed by atoms with E-state index in [1.165, 1.54) is 19.3 Å². The van der Waals surface area contributed by atoms with Crippen molar-refractivity contribution in [2.75, 3.05) is 13.2 Å². The van der Waals surface area contributed by atoms with E-state index < -0.39 is 5.41 Å². The zero-order valence-electron chi connectivity index (χ0n) is 12.5. The fourth-order valence-corrected chi connectivity index (χ4v) is 3.01. The van der Waals surface area contributed by atoms with Gasteiger partial charge in [0.15, 0.2) is 0 Å². The Morgan fingerprint density at radius 2 is 2.20 bits per heavy atom. The lowest BCUT2D eigenvalue weighted by atomic mass is 9.68. The van der Waals surface area contributed by atoms with Crippen LogP contribution in [0.25, 0.3) is 0 Å². The standard InChI is InChI=1S/C17H25NO2/c1-3-20-16(19)17(12-18,11-14-7-5-8-14)15-9-4-6-13(2)10-15/h4,6,9-10,14H,3,5,7-8,11-12,18H2,1-2H3. The van der Waals surface area contributed by atoms with Crippen molar-refractivity contribution < 1.29 is 9.53 Å². The van der Waals surface area contributed by atoms with Crippen molar-refractivity contribution in [2.24, 2.45) is 11.7 Å². The van der Waals surface area contributed by atoms with Gasteiger partial charge in [0.25, 0.3) is 0 Å². The van der Waals surface area contributed by atoms with E-state index in [0.29, 0.717) is 19.1 Å². The van der Waals surface area contributed by atoms with Crippen LogP contribution in [0.2, 0.25) is 0 Å². The number of rotatable bonds is 6. The number of hydrogen-bond acceptors (Lipinski definition) is 3. The fraction of sp³-hybridized carbons (Fsp3) is 0.588. The van der Waals surface area contributed by atoms with E-state index in [2.05, 4.69) is 6.07 Å². The fourth-order valence-electron chi connectivity index (χ4n) is 3.01. The monoisotopic (exact) mass is 275 g/mol. The van der Waals surface area contributed by atoms with Crippen LogP contribution in [0.15, 0.2) is 24.3 Å². The van der Waals surface area contributed by atoms with E-state index in [-0.39, 0.29) is 5.97 Å². The van der Waals surface area contributed by atoms with Crippen LogP contribution in [-0.2, 0) is 14.9 Å². The predicted molar refractivity (Wildman–Crippen MR) is 80.5 cm³/mol.